The third-order valence-electron chi connectivity index (χ3n) is 6.24. The van der Waals surface area contributed by atoms with E-state index in [1.54, 1.807) is 22.7 Å². The topological polar surface area (TPSA) is 20.3 Å². The van der Waals surface area contributed by atoms with Crippen molar-refractivity contribution < 1.29 is 9.18 Å². The number of halogens is 1. The van der Waals surface area contributed by atoms with E-state index in [9.17, 15) is 9.18 Å². The van der Waals surface area contributed by atoms with Gasteiger partial charge in [0.25, 0.3) is 5.91 Å². The van der Waals surface area contributed by atoms with Crippen LogP contribution in [0.4, 0.5) is 4.39 Å². The summed E-state index contributed by atoms with van der Waals surface area (Å²) >= 11 is 1.68. The minimum Gasteiger partial charge on any atom is -0.337 e. The molecule has 1 heterocycles. The zero-order valence-electron chi connectivity index (χ0n) is 19.6. The van der Waals surface area contributed by atoms with E-state index in [2.05, 4.69) is 24.3 Å². The predicted octanol–water partition coefficient (Wildman–Crippen LogP) is 7.63. The molecule has 0 bridgehead atoms. The van der Waals surface area contributed by atoms with Crippen molar-refractivity contribution in [3.8, 4) is 0 Å². The number of nitrogens with zero attached hydrogens (tertiary/aromatic N) is 1. The molecule has 0 spiro atoms. The minimum absolute atomic E-state index is 0.00418. The van der Waals surface area contributed by atoms with Crippen LogP contribution in [0, 0.1) is 5.82 Å². The molecule has 0 saturated carbocycles. The van der Waals surface area contributed by atoms with Crippen LogP contribution in [0.5, 0.6) is 0 Å². The lowest BCUT2D eigenvalue weighted by Gasteiger charge is -2.19. The summed E-state index contributed by atoms with van der Waals surface area (Å²) in [5.74, 6) is -0.214. The summed E-state index contributed by atoms with van der Waals surface area (Å²) in [5.41, 5.74) is 5.48. The zero-order valence-corrected chi connectivity index (χ0v) is 20.4. The second-order valence-corrected chi connectivity index (χ2v) is 9.79. The summed E-state index contributed by atoms with van der Waals surface area (Å²) in [4.78, 5) is 17.2. The summed E-state index contributed by atoms with van der Waals surface area (Å²) in [5, 5.41) is 0. The number of rotatable bonds is 4. The van der Waals surface area contributed by atoms with Crippen LogP contribution in [0.25, 0.3) is 5.57 Å². The van der Waals surface area contributed by atoms with Crippen LogP contribution in [0.3, 0.4) is 0 Å². The fourth-order valence-electron chi connectivity index (χ4n) is 4.47. The van der Waals surface area contributed by atoms with Crippen LogP contribution in [-0.4, -0.2) is 17.9 Å². The highest BCUT2D eigenvalue weighted by Gasteiger charge is 2.19. The Balaban J connectivity index is 1.47. The molecule has 0 N–H and O–H groups in total. The average molecular weight is 480 g/mol. The van der Waals surface area contributed by atoms with Crippen molar-refractivity contribution in [1.82, 2.24) is 4.90 Å². The molecule has 1 aliphatic rings. The van der Waals surface area contributed by atoms with Crippen LogP contribution in [0.2, 0.25) is 0 Å². The van der Waals surface area contributed by atoms with Crippen LogP contribution in [0.15, 0.2) is 113 Å². The monoisotopic (exact) mass is 479 g/mol. The summed E-state index contributed by atoms with van der Waals surface area (Å²) in [6, 6.07) is 31.1. The van der Waals surface area contributed by atoms with E-state index in [-0.39, 0.29) is 11.7 Å². The van der Waals surface area contributed by atoms with Gasteiger partial charge in [-0.15, -0.1) is 0 Å². The standard InChI is InChI=1S/C31H26FNOS/c1-33(21-22-10-3-2-4-11-22)31(34)24-18-19-29-23(20-24)12-9-15-25(26-13-5-7-16-28(26)32)27-14-6-8-17-30(27)35-29/h2-8,10-11,13-20H,9,12,21H2,1H3/b25-15+. The molecule has 5 rings (SSSR count). The number of benzene rings is 4. The Hall–Kier alpha value is -3.63. The quantitative estimate of drug-likeness (QED) is 0.300. The first-order chi connectivity index (χ1) is 17.1. The van der Waals surface area contributed by atoms with Crippen molar-refractivity contribution in [2.75, 3.05) is 7.05 Å². The van der Waals surface area contributed by atoms with Crippen LogP contribution in [0.1, 0.15) is 39.0 Å². The molecule has 4 heteroatoms. The van der Waals surface area contributed by atoms with E-state index in [0.29, 0.717) is 17.7 Å². The van der Waals surface area contributed by atoms with Crippen molar-refractivity contribution in [3.05, 3.63) is 137 Å². The molecule has 4 aromatic rings. The van der Waals surface area contributed by atoms with Gasteiger partial charge in [0.2, 0.25) is 0 Å². The van der Waals surface area contributed by atoms with Gasteiger partial charge in [0.05, 0.1) is 0 Å². The Bertz CT molecular complexity index is 1400. The number of amides is 1. The van der Waals surface area contributed by atoms with Gasteiger partial charge in [0, 0.05) is 34.5 Å². The van der Waals surface area contributed by atoms with E-state index >= 15 is 0 Å². The molecule has 1 amide bonds. The lowest BCUT2D eigenvalue weighted by Crippen LogP contribution is -2.26. The fourth-order valence-corrected chi connectivity index (χ4v) is 5.57. The van der Waals surface area contributed by atoms with E-state index < -0.39 is 0 Å². The molecule has 4 aromatic carbocycles. The first-order valence-electron chi connectivity index (χ1n) is 11.7. The first kappa shape index (κ1) is 23.1. The molecule has 0 aromatic heterocycles. The molecule has 35 heavy (non-hydrogen) atoms. The maximum atomic E-state index is 14.8. The van der Waals surface area contributed by atoms with Gasteiger partial charge in [0.1, 0.15) is 5.82 Å². The van der Waals surface area contributed by atoms with Gasteiger partial charge < -0.3 is 4.90 Å². The first-order valence-corrected chi connectivity index (χ1v) is 12.6. The molecule has 0 atom stereocenters. The van der Waals surface area contributed by atoms with Crippen LogP contribution >= 0.6 is 11.8 Å². The normalized spacial score (nSPS) is 14.4. The molecule has 1 aliphatic heterocycles. The molecule has 2 nitrogen and oxygen atoms in total. The van der Waals surface area contributed by atoms with E-state index in [1.807, 2.05) is 73.8 Å². The molecule has 0 fully saturated rings. The molecular weight excluding hydrogens is 453 g/mol. The minimum atomic E-state index is -0.218. The Morgan fingerprint density at radius 1 is 0.857 bits per heavy atom. The van der Waals surface area contributed by atoms with Crippen molar-refractivity contribution in [2.45, 2.75) is 29.2 Å². The lowest BCUT2D eigenvalue weighted by atomic mass is 9.95. The highest BCUT2D eigenvalue weighted by Crippen LogP contribution is 2.40. The summed E-state index contributed by atoms with van der Waals surface area (Å²) in [6.45, 7) is 0.563. The number of carbonyl (C=O) groups is 1. The van der Waals surface area contributed by atoms with Gasteiger partial charge >= 0.3 is 0 Å². The number of carbonyl (C=O) groups excluding carboxylic acids is 1. The maximum Gasteiger partial charge on any atom is 0.253 e. The Kier molecular flexibility index (Phi) is 6.82. The highest BCUT2D eigenvalue weighted by molar-refractivity contribution is 7.99. The smallest absolute Gasteiger partial charge is 0.253 e. The zero-order chi connectivity index (χ0) is 24.2. The molecule has 0 radical (unpaired) electrons. The van der Waals surface area contributed by atoms with Gasteiger partial charge in [-0.05, 0) is 65.4 Å². The molecule has 0 unspecified atom stereocenters. The fraction of sp³-hybridized carbons (Fsp3) is 0.129. The van der Waals surface area contributed by atoms with Gasteiger partial charge in [-0.25, -0.2) is 4.39 Å². The van der Waals surface area contributed by atoms with Gasteiger partial charge in [-0.2, -0.15) is 0 Å². The van der Waals surface area contributed by atoms with Gasteiger partial charge in [0.15, 0.2) is 0 Å². The summed E-state index contributed by atoms with van der Waals surface area (Å²) in [7, 11) is 1.84. The maximum absolute atomic E-state index is 14.8. The lowest BCUT2D eigenvalue weighted by molar-refractivity contribution is 0.0785. The van der Waals surface area contributed by atoms with Gasteiger partial charge in [-0.1, -0.05) is 84.6 Å². The number of hydrogen-bond acceptors (Lipinski definition) is 2. The van der Waals surface area contributed by atoms with Crippen molar-refractivity contribution >= 4 is 23.2 Å². The number of aryl methyl sites for hydroxylation is 1. The largest absolute Gasteiger partial charge is 0.337 e. The summed E-state index contributed by atoms with van der Waals surface area (Å²) < 4.78 is 14.8. The second-order valence-electron chi connectivity index (χ2n) is 8.70. The van der Waals surface area contributed by atoms with Crippen LogP contribution < -0.4 is 0 Å². The van der Waals surface area contributed by atoms with Crippen molar-refractivity contribution in [2.24, 2.45) is 0 Å². The van der Waals surface area contributed by atoms with Crippen molar-refractivity contribution in [1.29, 1.82) is 0 Å². The molecule has 0 aliphatic carbocycles. The van der Waals surface area contributed by atoms with Crippen molar-refractivity contribution in [3.63, 3.8) is 0 Å². The summed E-state index contributed by atoms with van der Waals surface area (Å²) in [6.07, 6.45) is 3.66. The van der Waals surface area contributed by atoms with Gasteiger partial charge in [-0.3, -0.25) is 4.79 Å². The number of hydrogen-bond donors (Lipinski definition) is 0. The number of fused-ring (bicyclic) bond motifs is 2. The van der Waals surface area contributed by atoms with E-state index in [0.717, 1.165) is 44.9 Å². The average Bonchev–Trinajstić information content (AvgIpc) is 2.96. The van der Waals surface area contributed by atoms with E-state index in [1.165, 1.54) is 6.07 Å². The second kappa shape index (κ2) is 10.3. The Morgan fingerprint density at radius 2 is 1.57 bits per heavy atom. The molecular formula is C31H26FNOS. The Morgan fingerprint density at radius 3 is 2.37 bits per heavy atom. The van der Waals surface area contributed by atoms with Crippen LogP contribution in [-0.2, 0) is 13.0 Å². The van der Waals surface area contributed by atoms with E-state index in [4.69, 9.17) is 0 Å². The highest BCUT2D eigenvalue weighted by atomic mass is 32.2. The SMILES string of the molecule is CN(Cc1ccccc1)C(=O)c1ccc2c(c1)CC/C=C(\c1ccccc1F)c1ccccc1S2. The third-order valence-corrected chi connectivity index (χ3v) is 7.43. The molecule has 0 saturated heterocycles. The molecule has 174 valence electrons. The third kappa shape index (κ3) is 5.08. The Labute approximate surface area is 210 Å². The number of allylic oxidation sites excluding steroid dienone is 1. The predicted molar refractivity (Wildman–Crippen MR) is 141 cm³/mol.